The fraction of sp³-hybridized carbons (Fsp3) is 0.516. The van der Waals surface area contributed by atoms with Crippen LogP contribution in [0.15, 0.2) is 58.0 Å². The topological polar surface area (TPSA) is 87.8 Å². The Balaban J connectivity index is 1.44. The molecular weight excluding hydrogens is 540 g/mol. The Morgan fingerprint density at radius 3 is 2.55 bits per heavy atom. The second-order valence-corrected chi connectivity index (χ2v) is 11.7. The molecule has 1 fully saturated rings. The largest absolute Gasteiger partial charge is 0.369 e. The SMILES string of the molecule is CCCCCC(=O)NCc1ccc(CN2C(=O)C(CCC3CCCCC3)(c3cccc(Br)c3)N=C2N)cc1. The highest BCUT2D eigenvalue weighted by atomic mass is 79.9. The van der Waals surface area contributed by atoms with Crippen LogP contribution in [0.1, 0.15) is 94.2 Å². The van der Waals surface area contributed by atoms with Gasteiger partial charge in [-0.05, 0) is 54.0 Å². The molecule has 1 unspecified atom stereocenters. The molecule has 1 aliphatic carbocycles. The van der Waals surface area contributed by atoms with Gasteiger partial charge in [-0.3, -0.25) is 14.5 Å². The lowest BCUT2D eigenvalue weighted by atomic mass is 9.79. The molecule has 3 N–H and O–H groups in total. The third-order valence-corrected chi connectivity index (χ3v) is 8.48. The molecule has 2 aromatic rings. The zero-order valence-corrected chi connectivity index (χ0v) is 24.1. The third-order valence-electron chi connectivity index (χ3n) is 7.98. The molecule has 0 radical (unpaired) electrons. The smallest absolute Gasteiger partial charge is 0.262 e. The summed E-state index contributed by atoms with van der Waals surface area (Å²) in [5.41, 5.74) is 8.36. The van der Waals surface area contributed by atoms with Gasteiger partial charge in [0.1, 0.15) is 0 Å². The molecule has 2 amide bonds. The van der Waals surface area contributed by atoms with Crippen LogP contribution in [0.2, 0.25) is 0 Å². The first-order valence-corrected chi connectivity index (χ1v) is 15.0. The number of rotatable bonds is 12. The first-order chi connectivity index (χ1) is 18.4. The van der Waals surface area contributed by atoms with Crippen LogP contribution >= 0.6 is 15.9 Å². The molecule has 6 nitrogen and oxygen atoms in total. The molecule has 38 heavy (non-hydrogen) atoms. The molecule has 2 aliphatic rings. The van der Waals surface area contributed by atoms with Crippen LogP contribution in [0, 0.1) is 5.92 Å². The minimum atomic E-state index is -0.979. The Morgan fingerprint density at radius 2 is 1.84 bits per heavy atom. The molecule has 7 heteroatoms. The second-order valence-electron chi connectivity index (χ2n) is 10.8. The van der Waals surface area contributed by atoms with Gasteiger partial charge < -0.3 is 11.1 Å². The normalized spacial score (nSPS) is 20.0. The maximum Gasteiger partial charge on any atom is 0.262 e. The molecule has 1 heterocycles. The summed E-state index contributed by atoms with van der Waals surface area (Å²) in [6.45, 7) is 3.01. The molecule has 204 valence electrons. The minimum absolute atomic E-state index is 0.0488. The number of hydrogen-bond acceptors (Lipinski definition) is 4. The molecule has 2 aromatic carbocycles. The molecule has 0 bridgehead atoms. The number of carbonyl (C=O) groups is 2. The number of nitrogens with zero attached hydrogens (tertiary/aromatic N) is 2. The summed E-state index contributed by atoms with van der Waals surface area (Å²) in [7, 11) is 0. The number of amides is 2. The first-order valence-electron chi connectivity index (χ1n) is 14.2. The van der Waals surface area contributed by atoms with E-state index in [9.17, 15) is 9.59 Å². The number of benzene rings is 2. The minimum Gasteiger partial charge on any atom is -0.369 e. The number of carbonyl (C=O) groups excluding carboxylic acids is 2. The standard InChI is InChI=1S/C31H41BrN4O2/c1-2-3-5-13-28(37)34-21-24-14-16-25(17-15-24)22-36-29(38)31(35-30(36)33,26-11-8-12-27(32)20-26)19-18-23-9-6-4-7-10-23/h8,11-12,14-17,20,23H,2-7,9-10,13,18-19,21-22H2,1H3,(H2,33,35)(H,34,37). The molecule has 0 saturated heterocycles. The summed E-state index contributed by atoms with van der Waals surface area (Å²) in [5, 5.41) is 2.99. The van der Waals surface area contributed by atoms with E-state index in [1.807, 2.05) is 48.5 Å². The molecular formula is C31H41BrN4O2. The average molecular weight is 582 g/mol. The van der Waals surface area contributed by atoms with E-state index in [0.29, 0.717) is 31.8 Å². The van der Waals surface area contributed by atoms with Gasteiger partial charge in [-0.15, -0.1) is 0 Å². The van der Waals surface area contributed by atoms with Crippen LogP contribution in [0.4, 0.5) is 0 Å². The van der Waals surface area contributed by atoms with E-state index in [2.05, 4.69) is 28.2 Å². The molecule has 0 aromatic heterocycles. The number of halogens is 1. The Labute approximate surface area is 235 Å². The first kappa shape index (κ1) is 28.3. The van der Waals surface area contributed by atoms with E-state index in [1.54, 1.807) is 4.90 Å². The molecule has 4 rings (SSSR count). The van der Waals surface area contributed by atoms with Crippen LogP contribution < -0.4 is 11.1 Å². The molecule has 1 saturated carbocycles. The maximum absolute atomic E-state index is 14.0. The van der Waals surface area contributed by atoms with E-state index < -0.39 is 5.54 Å². The summed E-state index contributed by atoms with van der Waals surface area (Å²) in [4.78, 5) is 32.6. The van der Waals surface area contributed by atoms with Crippen LogP contribution in [-0.4, -0.2) is 22.7 Å². The maximum atomic E-state index is 14.0. The number of guanidine groups is 1. The van der Waals surface area contributed by atoms with Gasteiger partial charge in [0, 0.05) is 17.4 Å². The van der Waals surface area contributed by atoms with Gasteiger partial charge in [-0.25, -0.2) is 4.99 Å². The van der Waals surface area contributed by atoms with Gasteiger partial charge in [-0.1, -0.05) is 104 Å². The van der Waals surface area contributed by atoms with E-state index in [-0.39, 0.29) is 17.8 Å². The van der Waals surface area contributed by atoms with Crippen molar-refractivity contribution in [2.45, 2.75) is 96.2 Å². The van der Waals surface area contributed by atoms with E-state index in [1.165, 1.54) is 32.1 Å². The average Bonchev–Trinajstić information content (AvgIpc) is 3.17. The fourth-order valence-corrected chi connectivity index (χ4v) is 6.08. The molecule has 0 spiro atoms. The number of nitrogens with one attached hydrogen (secondary N) is 1. The predicted molar refractivity (Wildman–Crippen MR) is 156 cm³/mol. The van der Waals surface area contributed by atoms with Crippen molar-refractivity contribution in [3.8, 4) is 0 Å². The lowest BCUT2D eigenvalue weighted by molar-refractivity contribution is -0.132. The number of hydrogen-bond donors (Lipinski definition) is 2. The van der Waals surface area contributed by atoms with Gasteiger partial charge in [-0.2, -0.15) is 0 Å². The summed E-state index contributed by atoms with van der Waals surface area (Å²) in [6.07, 6.45) is 11.7. The van der Waals surface area contributed by atoms with Crippen molar-refractivity contribution in [2.24, 2.45) is 16.6 Å². The van der Waals surface area contributed by atoms with Gasteiger partial charge >= 0.3 is 0 Å². The quantitative estimate of drug-likeness (QED) is 0.279. The summed E-state index contributed by atoms with van der Waals surface area (Å²) in [5.74, 6) is 0.964. The van der Waals surface area contributed by atoms with E-state index >= 15 is 0 Å². The van der Waals surface area contributed by atoms with Crippen LogP contribution in [0.3, 0.4) is 0 Å². The van der Waals surface area contributed by atoms with Crippen LogP contribution in [0.25, 0.3) is 0 Å². The zero-order chi connectivity index (χ0) is 27.0. The van der Waals surface area contributed by atoms with Crippen molar-refractivity contribution >= 4 is 33.7 Å². The number of unbranched alkanes of at least 4 members (excludes halogenated alkanes) is 2. The fourth-order valence-electron chi connectivity index (χ4n) is 5.68. The molecule has 1 aliphatic heterocycles. The summed E-state index contributed by atoms with van der Waals surface area (Å²) >= 11 is 3.58. The lowest BCUT2D eigenvalue weighted by Crippen LogP contribution is -2.42. The Kier molecular flexibility index (Phi) is 10.0. The van der Waals surface area contributed by atoms with Gasteiger partial charge in [0.2, 0.25) is 5.91 Å². The Hall–Kier alpha value is -2.67. The van der Waals surface area contributed by atoms with Crippen molar-refractivity contribution in [1.29, 1.82) is 0 Å². The highest BCUT2D eigenvalue weighted by Gasteiger charge is 2.49. The van der Waals surface area contributed by atoms with Gasteiger partial charge in [0.15, 0.2) is 11.5 Å². The highest BCUT2D eigenvalue weighted by molar-refractivity contribution is 9.10. The zero-order valence-electron chi connectivity index (χ0n) is 22.6. The van der Waals surface area contributed by atoms with Crippen molar-refractivity contribution in [2.75, 3.05) is 0 Å². The number of aliphatic imine (C=N–C) groups is 1. The van der Waals surface area contributed by atoms with Crippen molar-refractivity contribution in [3.05, 3.63) is 69.7 Å². The second kappa shape index (κ2) is 13.4. The molecule has 1 atom stereocenters. The summed E-state index contributed by atoms with van der Waals surface area (Å²) in [6, 6.07) is 15.9. The Morgan fingerprint density at radius 1 is 1.11 bits per heavy atom. The Bertz CT molecular complexity index is 1130. The highest BCUT2D eigenvalue weighted by Crippen LogP contribution is 2.41. The van der Waals surface area contributed by atoms with Gasteiger partial charge in [0.25, 0.3) is 5.91 Å². The third kappa shape index (κ3) is 7.04. The van der Waals surface area contributed by atoms with Crippen LogP contribution in [0.5, 0.6) is 0 Å². The predicted octanol–water partition coefficient (Wildman–Crippen LogP) is 6.56. The van der Waals surface area contributed by atoms with Gasteiger partial charge in [0.05, 0.1) is 6.54 Å². The van der Waals surface area contributed by atoms with E-state index in [0.717, 1.165) is 46.8 Å². The van der Waals surface area contributed by atoms with Crippen molar-refractivity contribution in [3.63, 3.8) is 0 Å². The lowest BCUT2D eigenvalue weighted by Gasteiger charge is -2.30. The van der Waals surface area contributed by atoms with Crippen LogP contribution in [-0.2, 0) is 28.2 Å². The summed E-state index contributed by atoms with van der Waals surface area (Å²) < 4.78 is 0.931. The number of nitrogens with two attached hydrogens (primary N) is 1. The monoisotopic (exact) mass is 580 g/mol. The van der Waals surface area contributed by atoms with Crippen molar-refractivity contribution in [1.82, 2.24) is 10.2 Å². The van der Waals surface area contributed by atoms with E-state index in [4.69, 9.17) is 10.7 Å². The van der Waals surface area contributed by atoms with Crippen molar-refractivity contribution < 1.29 is 9.59 Å².